The Kier molecular flexibility index (Phi) is 5.76. The van der Waals surface area contributed by atoms with E-state index in [1.807, 2.05) is 6.07 Å². The molecule has 0 aliphatic heterocycles. The van der Waals surface area contributed by atoms with E-state index in [4.69, 9.17) is 9.52 Å². The van der Waals surface area contributed by atoms with Crippen molar-refractivity contribution in [2.45, 2.75) is 44.0 Å². The summed E-state index contributed by atoms with van der Waals surface area (Å²) >= 11 is 0. The molecule has 2 rings (SSSR count). The highest BCUT2D eigenvalue weighted by Crippen LogP contribution is 2.36. The van der Waals surface area contributed by atoms with E-state index in [0.29, 0.717) is 12.8 Å². The van der Waals surface area contributed by atoms with Gasteiger partial charge in [-0.05, 0) is 18.6 Å². The standard InChI is InChI=1S/C16H22O6/c17-10(3-5-11-2-1-7-22-11)4-6-12-13(8-16(20)21)15(19)9-14(12)18/h1-2,4,6-7,10,12-15,17-19H,3,5,8-9H2,(H,20,21). The second-order valence-corrected chi connectivity index (χ2v) is 5.78. The van der Waals surface area contributed by atoms with Crippen LogP contribution in [0.15, 0.2) is 35.0 Å². The van der Waals surface area contributed by atoms with Crippen molar-refractivity contribution < 1.29 is 29.6 Å². The predicted molar refractivity (Wildman–Crippen MR) is 78.0 cm³/mol. The first kappa shape index (κ1) is 16.7. The van der Waals surface area contributed by atoms with Crippen LogP contribution in [0.5, 0.6) is 0 Å². The maximum atomic E-state index is 10.8. The van der Waals surface area contributed by atoms with E-state index in [-0.39, 0.29) is 12.8 Å². The molecule has 1 aromatic heterocycles. The first-order chi connectivity index (χ1) is 10.5. The molecule has 6 heteroatoms. The molecule has 4 N–H and O–H groups in total. The number of rotatable bonds is 7. The number of aryl methyl sites for hydroxylation is 1. The van der Waals surface area contributed by atoms with Crippen LogP contribution in [0.3, 0.4) is 0 Å². The molecule has 0 aromatic carbocycles. The van der Waals surface area contributed by atoms with Gasteiger partial charge in [0.05, 0.1) is 31.0 Å². The number of furan rings is 1. The summed E-state index contributed by atoms with van der Waals surface area (Å²) in [7, 11) is 0. The second-order valence-electron chi connectivity index (χ2n) is 5.78. The van der Waals surface area contributed by atoms with Gasteiger partial charge in [0, 0.05) is 24.7 Å². The third kappa shape index (κ3) is 4.43. The largest absolute Gasteiger partial charge is 0.481 e. The molecular formula is C16H22O6. The van der Waals surface area contributed by atoms with E-state index in [9.17, 15) is 20.1 Å². The van der Waals surface area contributed by atoms with Crippen LogP contribution in [-0.2, 0) is 11.2 Å². The lowest BCUT2D eigenvalue weighted by molar-refractivity contribution is -0.139. The van der Waals surface area contributed by atoms with E-state index in [2.05, 4.69) is 0 Å². The Morgan fingerprint density at radius 2 is 2.18 bits per heavy atom. The molecule has 5 unspecified atom stereocenters. The Hall–Kier alpha value is -1.63. The average molecular weight is 310 g/mol. The fourth-order valence-corrected chi connectivity index (χ4v) is 2.96. The fraction of sp³-hybridized carbons (Fsp3) is 0.562. The SMILES string of the molecule is O=C(O)CC1C(O)CC(O)C1C=CC(O)CCc1ccco1. The summed E-state index contributed by atoms with van der Waals surface area (Å²) in [5.74, 6) is -1.20. The molecule has 0 radical (unpaired) electrons. The van der Waals surface area contributed by atoms with Crippen LogP contribution in [-0.4, -0.2) is 44.7 Å². The van der Waals surface area contributed by atoms with Crippen molar-refractivity contribution in [3.8, 4) is 0 Å². The Bertz CT molecular complexity index is 495. The summed E-state index contributed by atoms with van der Waals surface area (Å²) in [6.07, 6.45) is 3.46. The lowest BCUT2D eigenvalue weighted by Crippen LogP contribution is -2.23. The Balaban J connectivity index is 1.89. The van der Waals surface area contributed by atoms with Gasteiger partial charge in [-0.25, -0.2) is 0 Å². The van der Waals surface area contributed by atoms with Crippen molar-refractivity contribution in [2.24, 2.45) is 11.8 Å². The number of carboxylic acids is 1. The van der Waals surface area contributed by atoms with E-state index in [1.165, 1.54) is 0 Å². The van der Waals surface area contributed by atoms with Crippen LogP contribution in [0.4, 0.5) is 0 Å². The van der Waals surface area contributed by atoms with Crippen LogP contribution < -0.4 is 0 Å². The third-order valence-electron chi connectivity index (χ3n) is 4.15. The summed E-state index contributed by atoms with van der Waals surface area (Å²) in [5.41, 5.74) is 0. The summed E-state index contributed by atoms with van der Waals surface area (Å²) < 4.78 is 5.18. The molecule has 0 spiro atoms. The minimum atomic E-state index is -1.00. The molecular weight excluding hydrogens is 288 g/mol. The van der Waals surface area contributed by atoms with E-state index >= 15 is 0 Å². The summed E-state index contributed by atoms with van der Waals surface area (Å²) in [5, 5.41) is 38.6. The van der Waals surface area contributed by atoms with E-state index < -0.39 is 36.1 Å². The topological polar surface area (TPSA) is 111 Å². The smallest absolute Gasteiger partial charge is 0.303 e. The monoisotopic (exact) mass is 310 g/mol. The molecule has 22 heavy (non-hydrogen) atoms. The van der Waals surface area contributed by atoms with Crippen LogP contribution in [0.2, 0.25) is 0 Å². The molecule has 1 saturated carbocycles. The van der Waals surface area contributed by atoms with Crippen LogP contribution in [0.1, 0.15) is 25.0 Å². The number of carbonyl (C=O) groups is 1. The number of aliphatic hydroxyl groups excluding tert-OH is 3. The molecule has 0 amide bonds. The molecule has 0 saturated heterocycles. The molecule has 1 fully saturated rings. The maximum absolute atomic E-state index is 10.8. The van der Waals surface area contributed by atoms with Gasteiger partial charge in [0.15, 0.2) is 0 Å². The number of carboxylic acid groups (broad SMARTS) is 1. The molecule has 1 aliphatic rings. The minimum absolute atomic E-state index is 0.162. The van der Waals surface area contributed by atoms with Gasteiger partial charge in [-0.3, -0.25) is 4.79 Å². The first-order valence-corrected chi connectivity index (χ1v) is 7.44. The maximum Gasteiger partial charge on any atom is 0.303 e. The highest BCUT2D eigenvalue weighted by Gasteiger charge is 2.41. The molecule has 122 valence electrons. The van der Waals surface area contributed by atoms with Crippen molar-refractivity contribution in [2.75, 3.05) is 0 Å². The van der Waals surface area contributed by atoms with Crippen LogP contribution in [0, 0.1) is 11.8 Å². The predicted octanol–water partition coefficient (Wildman–Crippen LogP) is 0.962. The first-order valence-electron chi connectivity index (χ1n) is 7.44. The van der Waals surface area contributed by atoms with E-state index in [0.717, 1.165) is 5.76 Å². The second kappa shape index (κ2) is 7.58. The number of hydrogen-bond acceptors (Lipinski definition) is 5. The van der Waals surface area contributed by atoms with Gasteiger partial charge in [-0.2, -0.15) is 0 Å². The minimum Gasteiger partial charge on any atom is -0.481 e. The van der Waals surface area contributed by atoms with Gasteiger partial charge in [0.1, 0.15) is 5.76 Å². The molecule has 5 atom stereocenters. The van der Waals surface area contributed by atoms with Gasteiger partial charge in [0.2, 0.25) is 0 Å². The average Bonchev–Trinajstić information content (AvgIpc) is 3.04. The van der Waals surface area contributed by atoms with Gasteiger partial charge >= 0.3 is 5.97 Å². The van der Waals surface area contributed by atoms with Crippen LogP contribution >= 0.6 is 0 Å². The van der Waals surface area contributed by atoms with Gasteiger partial charge in [-0.15, -0.1) is 0 Å². The Morgan fingerprint density at radius 3 is 2.82 bits per heavy atom. The number of hydrogen-bond donors (Lipinski definition) is 4. The fourth-order valence-electron chi connectivity index (χ4n) is 2.96. The highest BCUT2D eigenvalue weighted by molar-refractivity contribution is 5.67. The zero-order valence-electron chi connectivity index (χ0n) is 12.2. The molecule has 0 bridgehead atoms. The number of aliphatic hydroxyl groups is 3. The molecule has 1 aromatic rings. The molecule has 1 heterocycles. The van der Waals surface area contributed by atoms with Crippen molar-refractivity contribution in [3.63, 3.8) is 0 Å². The number of aliphatic carboxylic acids is 1. The van der Waals surface area contributed by atoms with Gasteiger partial charge in [-0.1, -0.05) is 12.2 Å². The molecule has 1 aliphatic carbocycles. The Labute approximate surface area is 128 Å². The van der Waals surface area contributed by atoms with Crippen molar-refractivity contribution in [1.29, 1.82) is 0 Å². The third-order valence-corrected chi connectivity index (χ3v) is 4.15. The van der Waals surface area contributed by atoms with E-state index in [1.54, 1.807) is 24.5 Å². The zero-order chi connectivity index (χ0) is 16.1. The Morgan fingerprint density at radius 1 is 1.41 bits per heavy atom. The highest BCUT2D eigenvalue weighted by atomic mass is 16.4. The summed E-state index contributed by atoms with van der Waals surface area (Å²) in [4.78, 5) is 10.8. The zero-order valence-corrected chi connectivity index (χ0v) is 12.2. The lowest BCUT2D eigenvalue weighted by Gasteiger charge is -2.19. The van der Waals surface area contributed by atoms with Crippen molar-refractivity contribution in [1.82, 2.24) is 0 Å². The van der Waals surface area contributed by atoms with Gasteiger partial charge < -0.3 is 24.8 Å². The van der Waals surface area contributed by atoms with Crippen molar-refractivity contribution >= 4 is 5.97 Å². The summed E-state index contributed by atoms with van der Waals surface area (Å²) in [6.45, 7) is 0. The quantitative estimate of drug-likeness (QED) is 0.558. The van der Waals surface area contributed by atoms with Crippen LogP contribution in [0.25, 0.3) is 0 Å². The normalized spacial score (nSPS) is 30.0. The lowest BCUT2D eigenvalue weighted by atomic mass is 9.90. The molecule has 6 nitrogen and oxygen atoms in total. The summed E-state index contributed by atoms with van der Waals surface area (Å²) in [6, 6.07) is 3.61. The van der Waals surface area contributed by atoms with Crippen molar-refractivity contribution in [3.05, 3.63) is 36.3 Å². The van der Waals surface area contributed by atoms with Gasteiger partial charge in [0.25, 0.3) is 0 Å².